The topological polar surface area (TPSA) is 105 Å². The first kappa shape index (κ1) is 23.0. The van der Waals surface area contributed by atoms with Crippen molar-refractivity contribution in [1.29, 1.82) is 0 Å². The Morgan fingerprint density at radius 3 is 2.53 bits per heavy atom. The fourth-order valence-corrected chi connectivity index (χ4v) is 4.54. The van der Waals surface area contributed by atoms with Gasteiger partial charge < -0.3 is 19.9 Å². The van der Waals surface area contributed by atoms with Crippen molar-refractivity contribution in [2.45, 2.75) is 37.5 Å². The number of rotatable bonds is 8. The highest BCUT2D eigenvalue weighted by atomic mass is 32.2. The van der Waals surface area contributed by atoms with Crippen LogP contribution in [0.1, 0.15) is 43.0 Å². The highest BCUT2D eigenvalue weighted by Gasteiger charge is 2.21. The molecule has 2 heterocycles. The molecule has 168 valence electrons. The molecule has 30 heavy (non-hydrogen) atoms. The third-order valence-electron chi connectivity index (χ3n) is 5.96. The number of morpholine rings is 1. The zero-order valence-corrected chi connectivity index (χ0v) is 18.6. The van der Waals surface area contributed by atoms with Gasteiger partial charge in [-0.2, -0.15) is 0 Å². The molecule has 9 heteroatoms. The van der Waals surface area contributed by atoms with Crippen LogP contribution in [-0.2, 0) is 14.8 Å². The summed E-state index contributed by atoms with van der Waals surface area (Å²) in [6.45, 7) is 8.72. The second-order valence-electron chi connectivity index (χ2n) is 8.31. The Balaban J connectivity index is 1.57. The van der Waals surface area contributed by atoms with Crippen LogP contribution in [0, 0.1) is 5.92 Å². The molecule has 3 rings (SSSR count). The van der Waals surface area contributed by atoms with Gasteiger partial charge in [0.15, 0.2) is 0 Å². The molecule has 1 aromatic carbocycles. The maximum atomic E-state index is 12.9. The standard InChI is InChI=1S/C21H34N4O4S/c1-17-6-10-24(11-7-17)9-3-2-8-23-21(26)19-16-18(30(22,27)28)4-5-20(19)25-12-14-29-15-13-25/h4-5,16-17H,2-3,6-15H2,1H3,(H,23,26)(H2,22,27,28). The van der Waals surface area contributed by atoms with E-state index < -0.39 is 10.0 Å². The molecule has 1 aromatic rings. The molecular formula is C21H34N4O4S. The Hall–Kier alpha value is -1.68. The number of likely N-dealkylation sites (tertiary alicyclic amines) is 1. The van der Waals surface area contributed by atoms with Crippen molar-refractivity contribution >= 4 is 21.6 Å². The predicted molar refractivity (Wildman–Crippen MR) is 117 cm³/mol. The molecule has 2 saturated heterocycles. The first-order valence-corrected chi connectivity index (χ1v) is 12.4. The van der Waals surface area contributed by atoms with Crippen molar-refractivity contribution in [3.05, 3.63) is 23.8 Å². The van der Waals surface area contributed by atoms with E-state index in [4.69, 9.17) is 9.88 Å². The summed E-state index contributed by atoms with van der Waals surface area (Å²) in [5.41, 5.74) is 1.05. The minimum atomic E-state index is -3.88. The number of hydrogen-bond acceptors (Lipinski definition) is 6. The molecule has 0 spiro atoms. The van der Waals surface area contributed by atoms with Crippen LogP contribution in [-0.4, -0.2) is 71.7 Å². The minimum absolute atomic E-state index is 0.0519. The number of primary sulfonamides is 1. The Morgan fingerprint density at radius 1 is 1.17 bits per heavy atom. The molecule has 0 saturated carbocycles. The molecule has 3 N–H and O–H groups in total. The van der Waals surface area contributed by atoms with Crippen molar-refractivity contribution in [1.82, 2.24) is 10.2 Å². The SMILES string of the molecule is CC1CCN(CCCCNC(=O)c2cc(S(N)(=O)=O)ccc2N2CCOCC2)CC1. The molecule has 2 aliphatic rings. The van der Waals surface area contributed by atoms with Gasteiger partial charge in [-0.25, -0.2) is 13.6 Å². The van der Waals surface area contributed by atoms with Crippen LogP contribution in [0.2, 0.25) is 0 Å². The van der Waals surface area contributed by atoms with Gasteiger partial charge in [-0.15, -0.1) is 0 Å². The summed E-state index contributed by atoms with van der Waals surface area (Å²) in [5.74, 6) is 0.558. The molecule has 1 amide bonds. The van der Waals surface area contributed by atoms with Crippen LogP contribution in [0.5, 0.6) is 0 Å². The first-order valence-electron chi connectivity index (χ1n) is 10.8. The van der Waals surface area contributed by atoms with Gasteiger partial charge in [-0.1, -0.05) is 6.92 Å². The van der Waals surface area contributed by atoms with E-state index >= 15 is 0 Å². The lowest BCUT2D eigenvalue weighted by Gasteiger charge is -2.30. The van der Waals surface area contributed by atoms with Gasteiger partial charge in [0.2, 0.25) is 10.0 Å². The van der Waals surface area contributed by atoms with Crippen LogP contribution in [0.15, 0.2) is 23.1 Å². The fourth-order valence-electron chi connectivity index (χ4n) is 4.00. The molecule has 0 bridgehead atoms. The summed E-state index contributed by atoms with van der Waals surface area (Å²) < 4.78 is 28.9. The molecular weight excluding hydrogens is 404 g/mol. The highest BCUT2D eigenvalue weighted by Crippen LogP contribution is 2.25. The van der Waals surface area contributed by atoms with Crippen LogP contribution in [0.4, 0.5) is 5.69 Å². The van der Waals surface area contributed by atoms with Crippen molar-refractivity contribution < 1.29 is 17.9 Å². The lowest BCUT2D eigenvalue weighted by Crippen LogP contribution is -2.38. The third kappa shape index (κ3) is 6.41. The summed E-state index contributed by atoms with van der Waals surface area (Å²) in [5, 5.41) is 8.23. The lowest BCUT2D eigenvalue weighted by atomic mass is 9.99. The Bertz CT molecular complexity index is 816. The number of unbranched alkanes of at least 4 members (excludes halogenated alkanes) is 1. The fraction of sp³-hybridized carbons (Fsp3) is 0.667. The Labute approximate surface area is 179 Å². The Morgan fingerprint density at radius 2 is 1.87 bits per heavy atom. The second-order valence-corrected chi connectivity index (χ2v) is 9.87. The van der Waals surface area contributed by atoms with Gasteiger partial charge in [0.05, 0.1) is 23.7 Å². The zero-order chi connectivity index (χ0) is 21.6. The van der Waals surface area contributed by atoms with Crippen molar-refractivity contribution in [3.63, 3.8) is 0 Å². The molecule has 0 unspecified atom stereocenters. The summed E-state index contributed by atoms with van der Waals surface area (Å²) in [4.78, 5) is 17.4. The average molecular weight is 439 g/mol. The van der Waals surface area contributed by atoms with Gasteiger partial charge in [0.1, 0.15) is 0 Å². The van der Waals surface area contributed by atoms with Crippen LogP contribution in [0.3, 0.4) is 0 Å². The second kappa shape index (κ2) is 10.6. The Kier molecular flexibility index (Phi) is 8.10. The first-order chi connectivity index (χ1) is 14.3. The summed E-state index contributed by atoms with van der Waals surface area (Å²) in [6.07, 6.45) is 4.45. The van der Waals surface area contributed by atoms with E-state index in [-0.39, 0.29) is 10.8 Å². The van der Waals surface area contributed by atoms with E-state index in [2.05, 4.69) is 17.1 Å². The number of carbonyl (C=O) groups excluding carboxylic acids is 1. The van der Waals surface area contributed by atoms with Crippen molar-refractivity contribution in [3.8, 4) is 0 Å². The van der Waals surface area contributed by atoms with Crippen molar-refractivity contribution in [2.24, 2.45) is 11.1 Å². The molecule has 0 radical (unpaired) electrons. The van der Waals surface area contributed by atoms with Crippen LogP contribution in [0.25, 0.3) is 0 Å². The monoisotopic (exact) mass is 438 g/mol. The van der Waals surface area contributed by atoms with Gasteiger partial charge in [0, 0.05) is 25.3 Å². The largest absolute Gasteiger partial charge is 0.378 e. The van der Waals surface area contributed by atoms with Gasteiger partial charge in [0.25, 0.3) is 5.91 Å². The van der Waals surface area contributed by atoms with E-state index in [1.54, 1.807) is 6.07 Å². The van der Waals surface area contributed by atoms with Gasteiger partial charge >= 0.3 is 0 Å². The summed E-state index contributed by atoms with van der Waals surface area (Å²) in [6, 6.07) is 4.50. The van der Waals surface area contributed by atoms with E-state index in [1.165, 1.54) is 25.0 Å². The predicted octanol–water partition coefficient (Wildman–Crippen LogP) is 1.41. The minimum Gasteiger partial charge on any atom is -0.378 e. The van der Waals surface area contributed by atoms with Crippen LogP contribution >= 0.6 is 0 Å². The normalized spacial score (nSPS) is 19.1. The molecule has 2 aliphatic heterocycles. The number of nitrogens with zero attached hydrogens (tertiary/aromatic N) is 2. The number of nitrogens with one attached hydrogen (secondary N) is 1. The number of sulfonamides is 1. The van der Waals surface area contributed by atoms with E-state index in [0.29, 0.717) is 44.1 Å². The van der Waals surface area contributed by atoms with Gasteiger partial charge in [-0.3, -0.25) is 4.79 Å². The zero-order valence-electron chi connectivity index (χ0n) is 17.8. The molecule has 0 aromatic heterocycles. The van der Waals surface area contributed by atoms with Crippen LogP contribution < -0.4 is 15.4 Å². The number of amides is 1. The number of benzene rings is 1. The van der Waals surface area contributed by atoms with E-state index in [9.17, 15) is 13.2 Å². The van der Waals surface area contributed by atoms with Crippen molar-refractivity contribution in [2.75, 3.05) is 57.4 Å². The molecule has 2 fully saturated rings. The number of ether oxygens (including phenoxy) is 1. The molecule has 0 atom stereocenters. The van der Waals surface area contributed by atoms with E-state index in [0.717, 1.165) is 38.4 Å². The third-order valence-corrected chi connectivity index (χ3v) is 6.87. The number of hydrogen-bond donors (Lipinski definition) is 2. The molecule has 8 nitrogen and oxygen atoms in total. The number of carbonyl (C=O) groups is 1. The maximum absolute atomic E-state index is 12.9. The lowest BCUT2D eigenvalue weighted by molar-refractivity contribution is 0.0950. The summed E-state index contributed by atoms with van der Waals surface area (Å²) >= 11 is 0. The highest BCUT2D eigenvalue weighted by molar-refractivity contribution is 7.89. The van der Waals surface area contributed by atoms with Gasteiger partial charge in [-0.05, 0) is 69.4 Å². The number of piperidine rings is 1. The van der Waals surface area contributed by atoms with E-state index in [1.807, 2.05) is 4.90 Å². The molecule has 0 aliphatic carbocycles. The number of nitrogens with two attached hydrogens (primary N) is 1. The summed E-state index contributed by atoms with van der Waals surface area (Å²) in [7, 11) is -3.88. The maximum Gasteiger partial charge on any atom is 0.253 e. The smallest absolute Gasteiger partial charge is 0.253 e. The number of anilines is 1. The average Bonchev–Trinajstić information content (AvgIpc) is 2.74. The quantitative estimate of drug-likeness (QED) is 0.595.